The highest BCUT2D eigenvalue weighted by Gasteiger charge is 2.32. The van der Waals surface area contributed by atoms with Gasteiger partial charge in [0.15, 0.2) is 11.6 Å². The van der Waals surface area contributed by atoms with Gasteiger partial charge in [-0.2, -0.15) is 5.26 Å². The molecule has 0 saturated carbocycles. The highest BCUT2D eigenvalue weighted by molar-refractivity contribution is 6.41. The second kappa shape index (κ2) is 4.60. The fraction of sp³-hybridized carbons (Fsp3) is 0. The van der Waals surface area contributed by atoms with Gasteiger partial charge in [0.05, 0.1) is 17.2 Å². The van der Waals surface area contributed by atoms with Crippen molar-refractivity contribution in [2.75, 3.05) is 0 Å². The van der Waals surface area contributed by atoms with Gasteiger partial charge in [0.1, 0.15) is 0 Å². The molecule has 2 aromatic carbocycles. The van der Waals surface area contributed by atoms with Crippen LogP contribution in [0.25, 0.3) is 6.08 Å². The fourth-order valence-electron chi connectivity index (χ4n) is 2.22. The van der Waals surface area contributed by atoms with E-state index in [0.29, 0.717) is 16.7 Å². The van der Waals surface area contributed by atoms with Crippen LogP contribution in [0.1, 0.15) is 31.8 Å². The van der Waals surface area contributed by atoms with Gasteiger partial charge in [0.25, 0.3) is 0 Å². The summed E-state index contributed by atoms with van der Waals surface area (Å²) in [7, 11) is 0. The van der Waals surface area contributed by atoms with Crippen LogP contribution < -0.4 is 0 Å². The van der Waals surface area contributed by atoms with E-state index >= 15 is 0 Å². The minimum Gasteiger partial charge on any atom is -0.288 e. The molecule has 0 aromatic heterocycles. The molecular formula is C17H9NO2. The molecule has 0 unspecified atom stereocenters. The van der Waals surface area contributed by atoms with E-state index in [4.69, 9.17) is 5.26 Å². The first-order valence-electron chi connectivity index (χ1n) is 6.11. The number of Topliss-reactive ketones (excluding diaryl/α,β-unsaturated/α-hetero) is 2. The van der Waals surface area contributed by atoms with Crippen molar-refractivity contribution in [2.45, 2.75) is 0 Å². The highest BCUT2D eigenvalue weighted by Crippen LogP contribution is 2.27. The zero-order chi connectivity index (χ0) is 14.1. The number of fused-ring (bicyclic) bond motifs is 1. The summed E-state index contributed by atoms with van der Waals surface area (Å²) in [6, 6.07) is 15.6. The van der Waals surface area contributed by atoms with E-state index in [1.165, 1.54) is 0 Å². The predicted octanol–water partition coefficient (Wildman–Crippen LogP) is 3.02. The molecule has 0 saturated heterocycles. The summed E-state index contributed by atoms with van der Waals surface area (Å²) >= 11 is 0. The first-order valence-corrected chi connectivity index (χ1v) is 6.11. The van der Waals surface area contributed by atoms with Crippen molar-refractivity contribution < 1.29 is 9.59 Å². The molecule has 94 valence electrons. The Morgan fingerprint density at radius 3 is 1.90 bits per heavy atom. The van der Waals surface area contributed by atoms with E-state index in [-0.39, 0.29) is 17.1 Å². The maximum absolute atomic E-state index is 12.2. The quantitative estimate of drug-likeness (QED) is 0.584. The van der Waals surface area contributed by atoms with E-state index in [1.807, 2.05) is 6.07 Å². The molecule has 20 heavy (non-hydrogen) atoms. The maximum Gasteiger partial charge on any atom is 0.197 e. The van der Waals surface area contributed by atoms with Crippen LogP contribution in [0.2, 0.25) is 0 Å². The molecule has 3 heteroatoms. The Labute approximate surface area is 115 Å². The summed E-state index contributed by atoms with van der Waals surface area (Å²) in [5, 5.41) is 8.74. The zero-order valence-electron chi connectivity index (χ0n) is 10.5. The number of allylic oxidation sites excluding steroid dienone is 1. The Hall–Kier alpha value is -2.99. The van der Waals surface area contributed by atoms with Crippen LogP contribution in [0.3, 0.4) is 0 Å². The van der Waals surface area contributed by atoms with Gasteiger partial charge >= 0.3 is 0 Å². The predicted molar refractivity (Wildman–Crippen MR) is 74.2 cm³/mol. The molecular weight excluding hydrogens is 250 g/mol. The Morgan fingerprint density at radius 2 is 1.40 bits per heavy atom. The third-order valence-corrected chi connectivity index (χ3v) is 3.26. The van der Waals surface area contributed by atoms with Gasteiger partial charge in [0, 0.05) is 11.1 Å². The molecule has 0 N–H and O–H groups in total. The van der Waals surface area contributed by atoms with Crippen molar-refractivity contribution in [3.05, 3.63) is 76.4 Å². The summed E-state index contributed by atoms with van der Waals surface area (Å²) in [4.78, 5) is 24.4. The lowest BCUT2D eigenvalue weighted by Crippen LogP contribution is -2.00. The lowest BCUT2D eigenvalue weighted by atomic mass is 10.1. The molecule has 0 heterocycles. The molecule has 0 amide bonds. The zero-order valence-corrected chi connectivity index (χ0v) is 10.5. The minimum atomic E-state index is -0.241. The van der Waals surface area contributed by atoms with Crippen molar-refractivity contribution in [3.8, 4) is 6.07 Å². The second-order valence-corrected chi connectivity index (χ2v) is 4.50. The molecule has 1 aliphatic carbocycles. The van der Waals surface area contributed by atoms with E-state index in [2.05, 4.69) is 0 Å². The number of carbonyl (C=O) groups excluding carboxylic acids is 2. The number of hydrogen-bond donors (Lipinski definition) is 0. The van der Waals surface area contributed by atoms with Gasteiger partial charge in [-0.05, 0) is 23.8 Å². The summed E-state index contributed by atoms with van der Waals surface area (Å²) in [5.41, 5.74) is 2.36. The molecule has 0 bridgehead atoms. The third kappa shape index (κ3) is 1.84. The Bertz CT molecular complexity index is 755. The highest BCUT2D eigenvalue weighted by atomic mass is 16.2. The molecule has 0 atom stereocenters. The maximum atomic E-state index is 12.2. The molecule has 0 aliphatic heterocycles. The van der Waals surface area contributed by atoms with Crippen molar-refractivity contribution in [2.24, 2.45) is 0 Å². The van der Waals surface area contributed by atoms with E-state index in [1.54, 1.807) is 54.6 Å². The van der Waals surface area contributed by atoms with Gasteiger partial charge in [-0.25, -0.2) is 0 Å². The molecule has 3 rings (SSSR count). The van der Waals surface area contributed by atoms with E-state index < -0.39 is 0 Å². The summed E-state index contributed by atoms with van der Waals surface area (Å²) in [6.45, 7) is 0. The van der Waals surface area contributed by atoms with Gasteiger partial charge in [-0.1, -0.05) is 36.4 Å². The number of nitriles is 1. The molecule has 1 aliphatic rings. The number of hydrogen-bond acceptors (Lipinski definition) is 3. The van der Waals surface area contributed by atoms with Crippen LogP contribution in [0.4, 0.5) is 0 Å². The average molecular weight is 259 g/mol. The number of carbonyl (C=O) groups is 2. The first kappa shape index (κ1) is 12.1. The van der Waals surface area contributed by atoms with Crippen LogP contribution in [0, 0.1) is 11.3 Å². The normalized spacial score (nSPS) is 13.1. The second-order valence-electron chi connectivity index (χ2n) is 4.50. The molecule has 2 aromatic rings. The molecule has 0 spiro atoms. The Kier molecular flexibility index (Phi) is 2.77. The Morgan fingerprint density at radius 1 is 0.850 bits per heavy atom. The molecule has 0 fully saturated rings. The van der Waals surface area contributed by atoms with Crippen molar-refractivity contribution >= 4 is 17.6 Å². The lowest BCUT2D eigenvalue weighted by Gasteiger charge is -1.96. The van der Waals surface area contributed by atoms with Crippen molar-refractivity contribution in [1.29, 1.82) is 5.26 Å². The smallest absolute Gasteiger partial charge is 0.197 e. The summed E-state index contributed by atoms with van der Waals surface area (Å²) < 4.78 is 0. The molecule has 0 radical (unpaired) electrons. The number of nitrogens with zero attached hydrogens (tertiary/aromatic N) is 1. The van der Waals surface area contributed by atoms with Gasteiger partial charge < -0.3 is 0 Å². The molecule has 3 nitrogen and oxygen atoms in total. The lowest BCUT2D eigenvalue weighted by molar-refractivity contribution is 0.0990. The van der Waals surface area contributed by atoms with E-state index in [9.17, 15) is 9.59 Å². The third-order valence-electron chi connectivity index (χ3n) is 3.26. The number of rotatable bonds is 1. The fourth-order valence-corrected chi connectivity index (χ4v) is 2.22. The van der Waals surface area contributed by atoms with Crippen LogP contribution in [-0.4, -0.2) is 11.6 Å². The van der Waals surface area contributed by atoms with Crippen LogP contribution >= 0.6 is 0 Å². The monoisotopic (exact) mass is 259 g/mol. The van der Waals surface area contributed by atoms with Crippen molar-refractivity contribution in [3.63, 3.8) is 0 Å². The van der Waals surface area contributed by atoms with Crippen molar-refractivity contribution in [1.82, 2.24) is 0 Å². The van der Waals surface area contributed by atoms with E-state index in [0.717, 1.165) is 5.56 Å². The van der Waals surface area contributed by atoms with Crippen LogP contribution in [0.15, 0.2) is 54.1 Å². The minimum absolute atomic E-state index is 0.177. The summed E-state index contributed by atoms with van der Waals surface area (Å²) in [5.74, 6) is -0.482. The van der Waals surface area contributed by atoms with Gasteiger partial charge in [0.2, 0.25) is 0 Å². The number of ketones is 2. The van der Waals surface area contributed by atoms with Gasteiger partial charge in [-0.3, -0.25) is 9.59 Å². The Balaban J connectivity index is 2.04. The van der Waals surface area contributed by atoms with Crippen LogP contribution in [0.5, 0.6) is 0 Å². The van der Waals surface area contributed by atoms with Gasteiger partial charge in [-0.15, -0.1) is 0 Å². The SMILES string of the molecule is N#Cc1ccc(C=C2C(=O)c3ccccc3C2=O)cc1. The average Bonchev–Trinajstić information content (AvgIpc) is 2.74. The largest absolute Gasteiger partial charge is 0.288 e. The topological polar surface area (TPSA) is 57.9 Å². The summed E-state index contributed by atoms with van der Waals surface area (Å²) in [6.07, 6.45) is 1.58. The van der Waals surface area contributed by atoms with Crippen LogP contribution in [-0.2, 0) is 0 Å². The first-order chi connectivity index (χ1) is 9.70. The number of benzene rings is 2. The standard InChI is InChI=1S/C17H9NO2/c18-10-12-7-5-11(6-8-12)9-15-16(19)13-3-1-2-4-14(13)17(15)20/h1-9H.